The van der Waals surface area contributed by atoms with Crippen LogP contribution in [0.5, 0.6) is 0 Å². The van der Waals surface area contributed by atoms with Crippen LogP contribution in [0.2, 0.25) is 0 Å². The van der Waals surface area contributed by atoms with Gasteiger partial charge in [0.05, 0.1) is 19.1 Å². The van der Waals surface area contributed by atoms with Crippen molar-refractivity contribution in [1.82, 2.24) is 0 Å². The highest BCUT2D eigenvalue weighted by atomic mass is 35.5. The van der Waals surface area contributed by atoms with Crippen LogP contribution in [0.1, 0.15) is 49.9 Å². The van der Waals surface area contributed by atoms with Crippen molar-refractivity contribution >= 4 is 103 Å². The van der Waals surface area contributed by atoms with E-state index in [4.69, 9.17) is 33.4 Å². The molecule has 1 heterocycles. The van der Waals surface area contributed by atoms with Gasteiger partial charge in [-0.05, 0) is 76.5 Å². The van der Waals surface area contributed by atoms with E-state index < -0.39 is 0 Å². The topological polar surface area (TPSA) is 135 Å². The van der Waals surface area contributed by atoms with E-state index in [0.717, 1.165) is 45.7 Å². The first-order valence-corrected chi connectivity index (χ1v) is 25.4. The summed E-state index contributed by atoms with van der Waals surface area (Å²) in [6.45, 7) is 16.1. The molecule has 0 spiro atoms. The van der Waals surface area contributed by atoms with Crippen molar-refractivity contribution in [1.29, 1.82) is 0 Å². The highest BCUT2D eigenvalue weighted by Crippen LogP contribution is 2.10. The van der Waals surface area contributed by atoms with Crippen LogP contribution < -0.4 is 12.4 Å². The average Bonchev–Trinajstić information content (AvgIpc) is 3.80. The summed E-state index contributed by atoms with van der Waals surface area (Å²) in [6, 6.07) is 0. The van der Waals surface area contributed by atoms with E-state index in [1.807, 2.05) is 35.3 Å². The molecule has 0 aromatic carbocycles. The predicted molar refractivity (Wildman–Crippen MR) is 223 cm³/mol. The summed E-state index contributed by atoms with van der Waals surface area (Å²) in [5.41, 5.74) is 0. The Bertz CT molecular complexity index is 376. The molecule has 0 amide bonds. The molecule has 5 nitrogen and oxygen atoms in total. The number of aliphatic hydroxyl groups excluding tert-OH is 2. The Labute approximate surface area is 312 Å². The third kappa shape index (κ3) is 72.1. The van der Waals surface area contributed by atoms with Crippen LogP contribution in [0.25, 0.3) is 0 Å². The van der Waals surface area contributed by atoms with Crippen molar-refractivity contribution < 1.29 is 40.5 Å². The monoisotopic (exact) mass is 818 g/mol. The Morgan fingerprint density at radius 3 is 1.19 bits per heavy atom. The van der Waals surface area contributed by atoms with E-state index in [9.17, 15) is 0 Å². The van der Waals surface area contributed by atoms with Crippen LogP contribution in [0.4, 0.5) is 0 Å². The summed E-state index contributed by atoms with van der Waals surface area (Å²) in [4.78, 5) is 0. The molecular formula is C28H73Cl3O5S7+2. The van der Waals surface area contributed by atoms with Crippen molar-refractivity contribution in [2.75, 3.05) is 123 Å². The van der Waals surface area contributed by atoms with E-state index >= 15 is 0 Å². The summed E-state index contributed by atoms with van der Waals surface area (Å²) in [6.07, 6.45) is 0. The van der Waals surface area contributed by atoms with Crippen molar-refractivity contribution in [2.24, 2.45) is 0 Å². The van der Waals surface area contributed by atoms with Crippen LogP contribution in [0, 0.1) is 0 Å². The molecule has 8 N–H and O–H groups in total. The molecule has 276 valence electrons. The number of alkyl halides is 2. The van der Waals surface area contributed by atoms with Gasteiger partial charge in [0, 0.05) is 30.3 Å². The lowest BCUT2D eigenvalue weighted by Gasteiger charge is -2.03. The second-order valence-corrected chi connectivity index (χ2v) is 21.7. The van der Waals surface area contributed by atoms with Gasteiger partial charge in [-0.25, -0.2) is 0 Å². The predicted octanol–water partition coefficient (Wildman–Crippen LogP) is 2.11. The third-order valence-electron chi connectivity index (χ3n) is 4.77. The van der Waals surface area contributed by atoms with Gasteiger partial charge in [-0.3, -0.25) is 0 Å². The summed E-state index contributed by atoms with van der Waals surface area (Å²) in [5, 5.41) is 16.9. The maximum Gasteiger partial charge on any atom is 0.152 e. The summed E-state index contributed by atoms with van der Waals surface area (Å²) >= 11 is 18.7. The third-order valence-corrected chi connectivity index (χ3v) is 16.2. The standard InChI is InChI=1S/C8H18ClS2.C8H19OS2.C4H9ClS.C4H10OS.C4H9S.ClH.3H2O.H2/c2*1-3-10-6-8-11(4-2)7-5-9;2*1-2-6-4-3-5;1-2-5-3-4-5;;;;;/h3-8H2,1-2H3;9H,3-8H2,1-2H3;2-4H2,1H3;5H,2-4H2,1H3;2-4H2,1H3;1H;3*1H2;1H/q2*+1;;;+1;;;;;/p-1. The lowest BCUT2D eigenvalue weighted by Crippen LogP contribution is -3.00. The maximum atomic E-state index is 8.72. The van der Waals surface area contributed by atoms with Crippen LogP contribution >= 0.6 is 70.2 Å². The minimum absolute atomic E-state index is 0. The molecule has 0 aromatic heterocycles. The number of hydrogen-bond donors (Lipinski definition) is 2. The molecule has 1 fully saturated rings. The molecule has 1 aliphatic rings. The fourth-order valence-corrected chi connectivity index (χ4v) is 10.7. The molecule has 1 saturated heterocycles. The highest BCUT2D eigenvalue weighted by Gasteiger charge is 2.30. The highest BCUT2D eigenvalue weighted by molar-refractivity contribution is 8.03. The number of halogens is 3. The average molecular weight is 821 g/mol. The van der Waals surface area contributed by atoms with Gasteiger partial charge in [0.2, 0.25) is 0 Å². The fourth-order valence-electron chi connectivity index (χ4n) is 2.42. The number of hydrogen-bond acceptors (Lipinski definition) is 6. The molecule has 15 heteroatoms. The Balaban J connectivity index is -0.0000000499. The molecule has 2 unspecified atom stereocenters. The van der Waals surface area contributed by atoms with Crippen LogP contribution in [-0.2, 0) is 32.7 Å². The molecule has 2 atom stereocenters. The Kier molecular flexibility index (Phi) is 95.8. The molecule has 1 rings (SSSR count). The molecule has 0 aliphatic carbocycles. The Morgan fingerprint density at radius 1 is 0.581 bits per heavy atom. The summed E-state index contributed by atoms with van der Waals surface area (Å²) < 4.78 is 0. The lowest BCUT2D eigenvalue weighted by atomic mass is 10.9. The maximum absolute atomic E-state index is 8.72. The SMILES string of the molecule is CCSCCCl.CCSCCO.CCSCC[S+](CC)CCCl.CCSCC[S+](CC)CCO.CC[S+]1CC1.O.O.O.[Cl-].[HH]. The van der Waals surface area contributed by atoms with E-state index in [1.54, 1.807) is 11.8 Å². The van der Waals surface area contributed by atoms with Crippen molar-refractivity contribution in [3.05, 3.63) is 0 Å². The Morgan fingerprint density at radius 2 is 0.977 bits per heavy atom. The van der Waals surface area contributed by atoms with Gasteiger partial charge in [-0.2, -0.15) is 47.0 Å². The van der Waals surface area contributed by atoms with Gasteiger partial charge in [0.25, 0.3) is 0 Å². The van der Waals surface area contributed by atoms with Gasteiger partial charge >= 0.3 is 0 Å². The molecule has 43 heavy (non-hydrogen) atoms. The largest absolute Gasteiger partial charge is 1.00 e. The first kappa shape index (κ1) is 64.6. The molecule has 0 radical (unpaired) electrons. The molecule has 1 aliphatic heterocycles. The van der Waals surface area contributed by atoms with E-state index in [0.29, 0.717) is 35.0 Å². The van der Waals surface area contributed by atoms with Gasteiger partial charge < -0.3 is 39.0 Å². The number of rotatable bonds is 21. The number of thioether (sulfide) groups is 4. The first-order valence-electron chi connectivity index (χ1n) is 14.5. The minimum Gasteiger partial charge on any atom is -1.00 e. The second-order valence-electron chi connectivity index (χ2n) is 7.54. The Hall–Kier alpha value is 3.12. The minimum atomic E-state index is 0. The molecule has 0 aromatic rings. The number of aliphatic hydroxyl groups is 2. The van der Waals surface area contributed by atoms with Gasteiger partial charge in [0.15, 0.2) is 11.5 Å². The van der Waals surface area contributed by atoms with Crippen LogP contribution in [-0.4, -0.2) is 149 Å². The summed E-state index contributed by atoms with van der Waals surface area (Å²) in [5.74, 6) is 23.0. The fraction of sp³-hybridized carbons (Fsp3) is 1.00. The zero-order chi connectivity index (χ0) is 30.4. The van der Waals surface area contributed by atoms with Crippen molar-refractivity contribution in [3.8, 4) is 0 Å². The molecular weight excluding hydrogens is 747 g/mol. The molecule has 0 bridgehead atoms. The smallest absolute Gasteiger partial charge is 0.152 e. The van der Waals surface area contributed by atoms with Crippen molar-refractivity contribution in [3.63, 3.8) is 0 Å². The van der Waals surface area contributed by atoms with Crippen LogP contribution in [0.15, 0.2) is 0 Å². The van der Waals surface area contributed by atoms with E-state index in [2.05, 4.69) is 48.5 Å². The van der Waals surface area contributed by atoms with E-state index in [1.165, 1.54) is 74.8 Å². The summed E-state index contributed by atoms with van der Waals surface area (Å²) in [7, 11) is 2.04. The van der Waals surface area contributed by atoms with Crippen molar-refractivity contribution in [2.45, 2.75) is 48.5 Å². The lowest BCUT2D eigenvalue weighted by molar-refractivity contribution is -0.0000140. The zero-order valence-corrected chi connectivity index (χ0v) is 36.2. The quantitative estimate of drug-likeness (QED) is 0.0790. The zero-order valence-electron chi connectivity index (χ0n) is 28.2. The van der Waals surface area contributed by atoms with E-state index in [-0.39, 0.29) is 30.3 Å². The van der Waals surface area contributed by atoms with Crippen LogP contribution in [0.3, 0.4) is 0 Å². The van der Waals surface area contributed by atoms with Gasteiger partial charge in [-0.15, -0.1) is 23.2 Å². The van der Waals surface area contributed by atoms with Gasteiger partial charge in [0.1, 0.15) is 40.3 Å². The normalized spacial score (nSPS) is 12.1. The first-order chi connectivity index (χ1) is 19.0. The molecule has 0 saturated carbocycles. The van der Waals surface area contributed by atoms with Gasteiger partial charge in [-0.1, -0.05) is 27.7 Å². The second kappa shape index (κ2) is 63.7.